The summed E-state index contributed by atoms with van der Waals surface area (Å²) in [5.41, 5.74) is 2.53. The van der Waals surface area contributed by atoms with E-state index in [0.717, 1.165) is 43.0 Å². The third kappa shape index (κ3) is 4.77. The van der Waals surface area contributed by atoms with Gasteiger partial charge in [0, 0.05) is 49.3 Å². The van der Waals surface area contributed by atoms with Gasteiger partial charge < -0.3 is 14.5 Å². The summed E-state index contributed by atoms with van der Waals surface area (Å²) in [7, 11) is -0.000415. The number of benzene rings is 2. The van der Waals surface area contributed by atoms with Crippen LogP contribution in [0.2, 0.25) is 10.0 Å². The van der Waals surface area contributed by atoms with Gasteiger partial charge in [0.15, 0.2) is 0 Å². The van der Waals surface area contributed by atoms with Crippen LogP contribution >= 0.6 is 35.6 Å². The number of nitrogens with zero attached hydrogens (tertiary/aromatic N) is 3. The molecule has 2 aromatic carbocycles. The summed E-state index contributed by atoms with van der Waals surface area (Å²) in [6.45, 7) is 4.06. The van der Waals surface area contributed by atoms with E-state index in [-0.39, 0.29) is 23.8 Å². The third-order valence-electron chi connectivity index (χ3n) is 5.89. The van der Waals surface area contributed by atoms with Gasteiger partial charge in [0.1, 0.15) is 5.75 Å². The molecule has 0 spiro atoms. The first-order chi connectivity index (χ1) is 14.3. The Bertz CT molecular complexity index is 1060. The number of fused-ring (bicyclic) bond motifs is 1. The Hall–Kier alpha value is -1.22. The molecule has 0 bridgehead atoms. The molecule has 0 saturated carbocycles. The van der Waals surface area contributed by atoms with Crippen LogP contribution in [0.25, 0.3) is 0 Å². The zero-order valence-electron chi connectivity index (χ0n) is 17.5. The lowest BCUT2D eigenvalue weighted by atomic mass is 10.0. The highest BCUT2D eigenvalue weighted by Crippen LogP contribution is 2.36. The number of halogens is 3. The van der Waals surface area contributed by atoms with E-state index in [1.165, 1.54) is 4.31 Å². The monoisotopic (exact) mass is 505 g/mol. The van der Waals surface area contributed by atoms with Gasteiger partial charge in [0.05, 0.1) is 17.7 Å². The fraction of sp³-hybridized carbons (Fsp3) is 0.429. The number of methoxy groups -OCH3 is 1. The van der Waals surface area contributed by atoms with Crippen LogP contribution in [0.15, 0.2) is 35.2 Å². The molecule has 6 nitrogen and oxygen atoms in total. The summed E-state index contributed by atoms with van der Waals surface area (Å²) in [4.78, 5) is 4.70. The van der Waals surface area contributed by atoms with Crippen LogP contribution in [0.5, 0.6) is 5.75 Å². The number of ether oxygens (including phenoxy) is 1. The van der Waals surface area contributed by atoms with Gasteiger partial charge >= 0.3 is 0 Å². The number of anilines is 1. The molecule has 10 heteroatoms. The van der Waals surface area contributed by atoms with Crippen molar-refractivity contribution in [3.63, 3.8) is 0 Å². The number of hydrogen-bond acceptors (Lipinski definition) is 5. The minimum absolute atomic E-state index is 0. The predicted molar refractivity (Wildman–Crippen MR) is 128 cm³/mol. The van der Waals surface area contributed by atoms with Crippen molar-refractivity contribution in [2.45, 2.75) is 17.9 Å². The lowest BCUT2D eigenvalue weighted by Gasteiger charge is -2.35. The average molecular weight is 507 g/mol. The molecule has 0 atom stereocenters. The Morgan fingerprint density at radius 1 is 0.935 bits per heavy atom. The quantitative estimate of drug-likeness (QED) is 0.629. The van der Waals surface area contributed by atoms with E-state index in [1.54, 1.807) is 37.4 Å². The second-order valence-electron chi connectivity index (χ2n) is 7.70. The molecule has 0 aromatic heterocycles. The lowest BCUT2D eigenvalue weighted by Crippen LogP contribution is -2.44. The number of hydrogen-bond donors (Lipinski definition) is 0. The minimum Gasteiger partial charge on any atom is -0.495 e. The summed E-state index contributed by atoms with van der Waals surface area (Å²) >= 11 is 12.6. The number of rotatable bonds is 4. The highest BCUT2D eigenvalue weighted by atomic mass is 35.5. The Morgan fingerprint density at radius 2 is 1.58 bits per heavy atom. The molecule has 4 rings (SSSR count). The summed E-state index contributed by atoms with van der Waals surface area (Å²) in [6, 6.07) is 8.57. The maximum Gasteiger partial charge on any atom is 0.243 e. The Kier molecular flexibility index (Phi) is 7.66. The third-order valence-corrected chi connectivity index (χ3v) is 8.44. The van der Waals surface area contributed by atoms with Crippen molar-refractivity contribution in [2.75, 3.05) is 51.8 Å². The van der Waals surface area contributed by atoms with Crippen molar-refractivity contribution in [2.24, 2.45) is 0 Å². The molecule has 1 fully saturated rings. The van der Waals surface area contributed by atoms with E-state index in [0.29, 0.717) is 28.8 Å². The van der Waals surface area contributed by atoms with Crippen molar-refractivity contribution in [3.8, 4) is 5.75 Å². The van der Waals surface area contributed by atoms with Crippen LogP contribution in [0, 0.1) is 0 Å². The molecule has 2 aliphatic rings. The number of sulfonamides is 1. The van der Waals surface area contributed by atoms with Crippen LogP contribution in [0.1, 0.15) is 11.1 Å². The number of likely N-dealkylation sites (N-methyl/N-ethyl adjacent to an activating group) is 1. The second-order valence-corrected chi connectivity index (χ2v) is 10.5. The average Bonchev–Trinajstić information content (AvgIpc) is 2.76. The minimum atomic E-state index is -3.69. The molecular formula is C21H26Cl3N3O3S. The molecule has 1 saturated heterocycles. The Morgan fingerprint density at radius 3 is 2.23 bits per heavy atom. The highest BCUT2D eigenvalue weighted by molar-refractivity contribution is 7.89. The first kappa shape index (κ1) is 24.4. The van der Waals surface area contributed by atoms with Gasteiger partial charge in [-0.25, -0.2) is 8.42 Å². The SMILES string of the molecule is COc1ccc(S(=O)(=O)N2CCc3c(Cl)ccc(Cl)c3C2)cc1N1CCN(C)CC1.Cl. The largest absolute Gasteiger partial charge is 0.495 e. The summed E-state index contributed by atoms with van der Waals surface area (Å²) < 4.78 is 33.9. The van der Waals surface area contributed by atoms with E-state index in [2.05, 4.69) is 16.8 Å². The molecule has 170 valence electrons. The van der Waals surface area contributed by atoms with Gasteiger partial charge in [0.2, 0.25) is 10.0 Å². The smallest absolute Gasteiger partial charge is 0.243 e. The molecule has 0 aliphatic carbocycles. The standard InChI is InChI=1S/C21H25Cl2N3O3S.ClH/c1-24-9-11-25(12-10-24)20-13-15(3-6-21(20)29-2)30(27,28)26-8-7-16-17(14-26)19(23)5-4-18(16)22;/h3-6,13H,7-12,14H2,1-2H3;1H. The molecule has 0 amide bonds. The van der Waals surface area contributed by atoms with Crippen LogP contribution in [-0.4, -0.2) is 64.5 Å². The first-order valence-corrected chi connectivity index (χ1v) is 12.1. The Labute approximate surface area is 200 Å². The molecule has 31 heavy (non-hydrogen) atoms. The number of piperazine rings is 1. The zero-order chi connectivity index (χ0) is 21.5. The van der Waals surface area contributed by atoms with Crippen molar-refractivity contribution >= 4 is 51.3 Å². The van der Waals surface area contributed by atoms with Gasteiger partial charge in [-0.1, -0.05) is 23.2 Å². The van der Waals surface area contributed by atoms with Crippen LogP contribution in [0.3, 0.4) is 0 Å². The van der Waals surface area contributed by atoms with E-state index < -0.39 is 10.0 Å². The van der Waals surface area contributed by atoms with E-state index >= 15 is 0 Å². The summed E-state index contributed by atoms with van der Waals surface area (Å²) in [5.74, 6) is 0.678. The van der Waals surface area contributed by atoms with Gasteiger partial charge in [-0.3, -0.25) is 0 Å². The fourth-order valence-corrected chi connectivity index (χ4v) is 5.99. The van der Waals surface area contributed by atoms with Gasteiger partial charge in [-0.2, -0.15) is 4.31 Å². The molecule has 0 radical (unpaired) electrons. The zero-order valence-corrected chi connectivity index (χ0v) is 20.6. The van der Waals surface area contributed by atoms with Crippen molar-refractivity contribution < 1.29 is 13.2 Å². The van der Waals surface area contributed by atoms with Crippen LogP contribution in [0.4, 0.5) is 5.69 Å². The van der Waals surface area contributed by atoms with Gasteiger partial charge in [0.25, 0.3) is 0 Å². The Balaban J connectivity index is 0.00000272. The molecule has 2 heterocycles. The van der Waals surface area contributed by atoms with Crippen LogP contribution in [-0.2, 0) is 23.0 Å². The van der Waals surface area contributed by atoms with E-state index in [1.807, 2.05) is 0 Å². The molecule has 2 aromatic rings. The normalized spacial score (nSPS) is 17.7. The van der Waals surface area contributed by atoms with Crippen molar-refractivity contribution in [1.82, 2.24) is 9.21 Å². The van der Waals surface area contributed by atoms with Gasteiger partial charge in [-0.15, -0.1) is 12.4 Å². The van der Waals surface area contributed by atoms with Crippen molar-refractivity contribution in [3.05, 3.63) is 51.5 Å². The maximum absolute atomic E-state index is 13.5. The predicted octanol–water partition coefficient (Wildman–Crippen LogP) is 3.92. The van der Waals surface area contributed by atoms with Crippen LogP contribution < -0.4 is 9.64 Å². The molecule has 2 aliphatic heterocycles. The first-order valence-electron chi connectivity index (χ1n) is 9.88. The van der Waals surface area contributed by atoms with Crippen molar-refractivity contribution in [1.29, 1.82) is 0 Å². The van der Waals surface area contributed by atoms with E-state index in [4.69, 9.17) is 27.9 Å². The molecular weight excluding hydrogens is 481 g/mol. The van der Waals surface area contributed by atoms with Gasteiger partial charge in [-0.05, 0) is 54.9 Å². The second kappa shape index (κ2) is 9.73. The fourth-order valence-electron chi connectivity index (χ4n) is 4.05. The molecule has 0 N–H and O–H groups in total. The molecule has 0 unspecified atom stereocenters. The highest BCUT2D eigenvalue weighted by Gasteiger charge is 2.31. The van der Waals surface area contributed by atoms with E-state index in [9.17, 15) is 8.42 Å². The summed E-state index contributed by atoms with van der Waals surface area (Å²) in [6.07, 6.45) is 0.537. The topological polar surface area (TPSA) is 53.1 Å². The maximum atomic E-state index is 13.5. The summed E-state index contributed by atoms with van der Waals surface area (Å²) in [5, 5.41) is 1.18. The lowest BCUT2D eigenvalue weighted by molar-refractivity contribution is 0.311.